The Morgan fingerprint density at radius 3 is 2.82 bits per heavy atom. The van der Waals surface area contributed by atoms with E-state index in [4.69, 9.17) is 4.74 Å². The van der Waals surface area contributed by atoms with Crippen molar-refractivity contribution in [3.63, 3.8) is 0 Å². The summed E-state index contributed by atoms with van der Waals surface area (Å²) in [5.74, 6) is -0.172. The fourth-order valence-corrected chi connectivity index (χ4v) is 2.18. The Morgan fingerprint density at radius 2 is 2.18 bits per heavy atom. The van der Waals surface area contributed by atoms with E-state index >= 15 is 0 Å². The number of ether oxygens (including phenoxy) is 1. The number of hydrogen-bond acceptors (Lipinski definition) is 2. The van der Waals surface area contributed by atoms with Crippen LogP contribution in [0.1, 0.15) is 25.3 Å². The van der Waals surface area contributed by atoms with Gasteiger partial charge in [-0.15, -0.1) is 0 Å². The molecule has 1 N–H and O–H groups in total. The molecule has 1 saturated heterocycles. The van der Waals surface area contributed by atoms with Crippen molar-refractivity contribution in [2.24, 2.45) is 0 Å². The molecule has 0 radical (unpaired) electrons. The van der Waals surface area contributed by atoms with Crippen molar-refractivity contribution in [3.05, 3.63) is 35.6 Å². The number of benzene rings is 1. The van der Waals surface area contributed by atoms with Crippen LogP contribution in [0, 0.1) is 5.82 Å². The van der Waals surface area contributed by atoms with Gasteiger partial charge in [0.1, 0.15) is 5.82 Å². The number of nitrogens with one attached hydrogen (secondary N) is 1. The summed E-state index contributed by atoms with van der Waals surface area (Å²) in [7, 11) is 0. The summed E-state index contributed by atoms with van der Waals surface area (Å²) >= 11 is 0. The lowest BCUT2D eigenvalue weighted by molar-refractivity contribution is 0.108. The van der Waals surface area contributed by atoms with Crippen molar-refractivity contribution in [1.82, 2.24) is 5.32 Å². The molecule has 0 bridgehead atoms. The molecule has 1 aromatic rings. The predicted octanol–water partition coefficient (Wildman–Crippen LogP) is 2.53. The summed E-state index contributed by atoms with van der Waals surface area (Å²) in [5, 5.41) is 3.47. The molecule has 2 unspecified atom stereocenters. The van der Waals surface area contributed by atoms with Crippen molar-refractivity contribution >= 4 is 0 Å². The minimum atomic E-state index is -0.172. The minimum Gasteiger partial charge on any atom is -0.377 e. The second-order valence-electron chi connectivity index (χ2n) is 4.77. The van der Waals surface area contributed by atoms with E-state index in [0.717, 1.165) is 26.0 Å². The van der Waals surface area contributed by atoms with E-state index < -0.39 is 0 Å². The van der Waals surface area contributed by atoms with Crippen LogP contribution in [0.4, 0.5) is 4.39 Å². The van der Waals surface area contributed by atoms with E-state index in [9.17, 15) is 4.39 Å². The maximum Gasteiger partial charge on any atom is 0.123 e. The zero-order valence-electron chi connectivity index (χ0n) is 10.3. The van der Waals surface area contributed by atoms with Gasteiger partial charge < -0.3 is 10.1 Å². The van der Waals surface area contributed by atoms with Crippen molar-refractivity contribution in [3.8, 4) is 0 Å². The van der Waals surface area contributed by atoms with Gasteiger partial charge in [-0.1, -0.05) is 12.1 Å². The van der Waals surface area contributed by atoms with Gasteiger partial charge in [0.25, 0.3) is 0 Å². The van der Waals surface area contributed by atoms with Crippen molar-refractivity contribution < 1.29 is 9.13 Å². The first-order chi connectivity index (χ1) is 8.24. The molecule has 94 valence electrons. The van der Waals surface area contributed by atoms with Crippen LogP contribution in [0.15, 0.2) is 24.3 Å². The maximum absolute atomic E-state index is 12.7. The van der Waals surface area contributed by atoms with Gasteiger partial charge in [-0.3, -0.25) is 0 Å². The van der Waals surface area contributed by atoms with Gasteiger partial charge >= 0.3 is 0 Å². The Hall–Kier alpha value is -0.930. The SMILES string of the molecule is CC(Cc1ccc(F)cc1)NCC1CCCO1. The molecule has 0 saturated carbocycles. The molecular weight excluding hydrogens is 217 g/mol. The van der Waals surface area contributed by atoms with Crippen LogP contribution < -0.4 is 5.32 Å². The van der Waals surface area contributed by atoms with Crippen LogP contribution in [0.3, 0.4) is 0 Å². The number of halogens is 1. The maximum atomic E-state index is 12.7. The largest absolute Gasteiger partial charge is 0.377 e. The smallest absolute Gasteiger partial charge is 0.123 e. The van der Waals surface area contributed by atoms with Crippen LogP contribution in [-0.4, -0.2) is 25.3 Å². The lowest BCUT2D eigenvalue weighted by Gasteiger charge is -2.17. The first-order valence-corrected chi connectivity index (χ1v) is 6.33. The van der Waals surface area contributed by atoms with E-state index in [1.165, 1.54) is 24.1 Å². The van der Waals surface area contributed by atoms with Crippen molar-refractivity contribution in [2.75, 3.05) is 13.2 Å². The van der Waals surface area contributed by atoms with E-state index in [1.807, 2.05) is 12.1 Å². The topological polar surface area (TPSA) is 21.3 Å². The summed E-state index contributed by atoms with van der Waals surface area (Å²) in [6.45, 7) is 3.97. The Balaban J connectivity index is 1.72. The van der Waals surface area contributed by atoms with E-state index in [1.54, 1.807) is 0 Å². The fourth-order valence-electron chi connectivity index (χ4n) is 2.18. The normalized spacial score (nSPS) is 21.6. The fraction of sp³-hybridized carbons (Fsp3) is 0.571. The first kappa shape index (κ1) is 12.5. The monoisotopic (exact) mass is 237 g/mol. The van der Waals surface area contributed by atoms with Crippen LogP contribution in [0.25, 0.3) is 0 Å². The van der Waals surface area contributed by atoms with Gasteiger partial charge in [0.15, 0.2) is 0 Å². The van der Waals surface area contributed by atoms with Gasteiger partial charge in [-0.25, -0.2) is 4.39 Å². The highest BCUT2D eigenvalue weighted by atomic mass is 19.1. The van der Waals surface area contributed by atoms with Gasteiger partial charge in [0, 0.05) is 19.2 Å². The van der Waals surface area contributed by atoms with E-state index in [-0.39, 0.29) is 5.82 Å². The molecule has 3 heteroatoms. The molecule has 0 spiro atoms. The highest BCUT2D eigenvalue weighted by Gasteiger charge is 2.15. The average molecular weight is 237 g/mol. The molecule has 0 aromatic heterocycles. The third-order valence-corrected chi connectivity index (χ3v) is 3.17. The zero-order valence-corrected chi connectivity index (χ0v) is 10.3. The lowest BCUT2D eigenvalue weighted by atomic mass is 10.1. The molecule has 0 amide bonds. The van der Waals surface area contributed by atoms with Crippen LogP contribution in [-0.2, 0) is 11.2 Å². The number of rotatable bonds is 5. The summed E-state index contributed by atoms with van der Waals surface area (Å²) in [6.07, 6.45) is 3.65. The molecule has 0 aliphatic carbocycles. The Labute approximate surface area is 102 Å². The van der Waals surface area contributed by atoms with Crippen LogP contribution in [0.2, 0.25) is 0 Å². The average Bonchev–Trinajstić information content (AvgIpc) is 2.83. The highest BCUT2D eigenvalue weighted by molar-refractivity contribution is 5.16. The minimum absolute atomic E-state index is 0.172. The van der Waals surface area contributed by atoms with Crippen molar-refractivity contribution in [2.45, 2.75) is 38.3 Å². The zero-order chi connectivity index (χ0) is 12.1. The Morgan fingerprint density at radius 1 is 1.41 bits per heavy atom. The Kier molecular flexibility index (Phi) is 4.51. The molecule has 2 atom stereocenters. The van der Waals surface area contributed by atoms with Crippen molar-refractivity contribution in [1.29, 1.82) is 0 Å². The molecule has 1 fully saturated rings. The molecule has 1 heterocycles. The second kappa shape index (κ2) is 6.12. The third kappa shape index (κ3) is 4.10. The van der Waals surface area contributed by atoms with Crippen LogP contribution >= 0.6 is 0 Å². The van der Waals surface area contributed by atoms with Gasteiger partial charge in [-0.05, 0) is 43.9 Å². The van der Waals surface area contributed by atoms with E-state index in [2.05, 4.69) is 12.2 Å². The molecule has 1 aliphatic heterocycles. The van der Waals surface area contributed by atoms with Gasteiger partial charge in [-0.2, -0.15) is 0 Å². The standard InChI is InChI=1S/C14H20FNO/c1-11(16-10-14-3-2-8-17-14)9-12-4-6-13(15)7-5-12/h4-7,11,14,16H,2-3,8-10H2,1H3. The number of hydrogen-bond donors (Lipinski definition) is 1. The molecule has 2 rings (SSSR count). The van der Waals surface area contributed by atoms with Gasteiger partial charge in [0.05, 0.1) is 6.10 Å². The van der Waals surface area contributed by atoms with Gasteiger partial charge in [0.2, 0.25) is 0 Å². The third-order valence-electron chi connectivity index (χ3n) is 3.17. The summed E-state index contributed by atoms with van der Waals surface area (Å²) in [6, 6.07) is 7.12. The predicted molar refractivity (Wildman–Crippen MR) is 66.5 cm³/mol. The molecule has 2 nitrogen and oxygen atoms in total. The van der Waals surface area contributed by atoms with E-state index in [0.29, 0.717) is 12.1 Å². The summed E-state index contributed by atoms with van der Waals surface area (Å²) < 4.78 is 18.3. The van der Waals surface area contributed by atoms with Crippen LogP contribution in [0.5, 0.6) is 0 Å². The lowest BCUT2D eigenvalue weighted by Crippen LogP contribution is -2.34. The molecule has 1 aliphatic rings. The summed E-state index contributed by atoms with van der Waals surface area (Å²) in [5.41, 5.74) is 1.17. The summed E-state index contributed by atoms with van der Waals surface area (Å²) in [4.78, 5) is 0. The molecule has 1 aromatic carbocycles. The molecule has 17 heavy (non-hydrogen) atoms. The second-order valence-corrected chi connectivity index (χ2v) is 4.77. The quantitative estimate of drug-likeness (QED) is 0.849. The first-order valence-electron chi connectivity index (χ1n) is 6.33. The highest BCUT2D eigenvalue weighted by Crippen LogP contribution is 2.11. The Bertz CT molecular complexity index is 333. The molecular formula is C14H20FNO.